The number of rotatable bonds is 3. The molecule has 6 nitrogen and oxygen atoms in total. The number of hydrogen-bond donors (Lipinski definition) is 1. The van der Waals surface area contributed by atoms with Gasteiger partial charge in [-0.15, -0.1) is 0 Å². The van der Waals surface area contributed by atoms with Gasteiger partial charge in [-0.05, 0) is 37.1 Å². The van der Waals surface area contributed by atoms with Crippen LogP contribution in [0.4, 0.5) is 10.3 Å². The summed E-state index contributed by atoms with van der Waals surface area (Å²) in [7, 11) is 0. The lowest BCUT2D eigenvalue weighted by Crippen LogP contribution is -2.23. The third-order valence-corrected chi connectivity index (χ3v) is 4.36. The maximum Gasteiger partial charge on any atom is 0.259 e. The molecule has 3 heterocycles. The number of amides is 1. The summed E-state index contributed by atoms with van der Waals surface area (Å²) in [6, 6.07) is 8.02. The predicted octanol–water partition coefficient (Wildman–Crippen LogP) is 3.17. The SMILES string of the molecule is O=C(Nc1nc2cc(F)ccc2n1C1CCOCC1)c1cccnc1. The Labute approximate surface area is 143 Å². The van der Waals surface area contributed by atoms with Gasteiger partial charge in [0.25, 0.3) is 5.91 Å². The molecule has 4 rings (SSSR count). The minimum atomic E-state index is -0.353. The summed E-state index contributed by atoms with van der Waals surface area (Å²) in [4.78, 5) is 20.9. The number of hydrogen-bond acceptors (Lipinski definition) is 4. The molecule has 1 aliphatic rings. The second-order valence-electron chi connectivity index (χ2n) is 5.98. The molecule has 25 heavy (non-hydrogen) atoms. The van der Waals surface area contributed by atoms with E-state index in [0.29, 0.717) is 30.2 Å². The lowest BCUT2D eigenvalue weighted by molar-refractivity contribution is 0.0710. The van der Waals surface area contributed by atoms with Gasteiger partial charge in [-0.1, -0.05) is 0 Å². The van der Waals surface area contributed by atoms with E-state index in [-0.39, 0.29) is 17.8 Å². The summed E-state index contributed by atoms with van der Waals surface area (Å²) in [5.74, 6) is -0.229. The van der Waals surface area contributed by atoms with Gasteiger partial charge in [0.2, 0.25) is 5.95 Å². The highest BCUT2D eigenvalue weighted by molar-refractivity contribution is 6.03. The highest BCUT2D eigenvalue weighted by Crippen LogP contribution is 2.31. The topological polar surface area (TPSA) is 69.0 Å². The summed E-state index contributed by atoms with van der Waals surface area (Å²) < 4.78 is 21.0. The Kier molecular flexibility index (Phi) is 4.15. The second kappa shape index (κ2) is 6.60. The summed E-state index contributed by atoms with van der Waals surface area (Å²) in [5, 5.41) is 2.84. The molecule has 0 atom stereocenters. The first kappa shape index (κ1) is 15.7. The number of benzene rings is 1. The highest BCUT2D eigenvalue weighted by atomic mass is 19.1. The van der Waals surface area contributed by atoms with Crippen LogP contribution in [0.25, 0.3) is 11.0 Å². The molecule has 1 N–H and O–H groups in total. The Bertz CT molecular complexity index is 904. The summed E-state index contributed by atoms with van der Waals surface area (Å²) in [6.07, 6.45) is 4.74. The molecule has 1 amide bonds. The van der Waals surface area contributed by atoms with Crippen LogP contribution in [0.15, 0.2) is 42.7 Å². The van der Waals surface area contributed by atoms with E-state index >= 15 is 0 Å². The van der Waals surface area contributed by atoms with Gasteiger partial charge >= 0.3 is 0 Å². The van der Waals surface area contributed by atoms with Gasteiger partial charge in [0, 0.05) is 37.7 Å². The molecule has 0 unspecified atom stereocenters. The number of pyridine rings is 1. The molecule has 0 radical (unpaired) electrons. The molecule has 0 bridgehead atoms. The molecule has 2 aromatic heterocycles. The van der Waals surface area contributed by atoms with Gasteiger partial charge in [-0.3, -0.25) is 15.1 Å². The number of carbonyl (C=O) groups excluding carboxylic acids is 1. The molecular weight excluding hydrogens is 323 g/mol. The van der Waals surface area contributed by atoms with Gasteiger partial charge in [0.15, 0.2) is 0 Å². The fraction of sp³-hybridized carbons (Fsp3) is 0.278. The number of carbonyl (C=O) groups is 1. The van der Waals surface area contributed by atoms with Crippen molar-refractivity contribution >= 4 is 22.9 Å². The van der Waals surface area contributed by atoms with E-state index in [1.54, 1.807) is 24.4 Å². The second-order valence-corrected chi connectivity index (χ2v) is 5.98. The van der Waals surface area contributed by atoms with Gasteiger partial charge in [0.1, 0.15) is 5.82 Å². The zero-order valence-electron chi connectivity index (χ0n) is 13.5. The van der Waals surface area contributed by atoms with Crippen LogP contribution in [0.3, 0.4) is 0 Å². The standard InChI is InChI=1S/C18H17FN4O2/c19-13-3-4-16-15(10-13)21-18(23(16)14-5-8-25-9-6-14)22-17(24)12-2-1-7-20-11-12/h1-4,7,10-11,14H,5-6,8-9H2,(H,21,22,24). The molecule has 0 saturated carbocycles. The largest absolute Gasteiger partial charge is 0.381 e. The monoisotopic (exact) mass is 340 g/mol. The van der Waals surface area contributed by atoms with Gasteiger partial charge in [0.05, 0.1) is 16.6 Å². The van der Waals surface area contributed by atoms with Crippen molar-refractivity contribution < 1.29 is 13.9 Å². The van der Waals surface area contributed by atoms with E-state index in [4.69, 9.17) is 4.74 Å². The number of ether oxygens (including phenoxy) is 1. The Morgan fingerprint density at radius 3 is 2.88 bits per heavy atom. The number of nitrogens with one attached hydrogen (secondary N) is 1. The van der Waals surface area contributed by atoms with Crippen molar-refractivity contribution in [2.24, 2.45) is 0 Å². The lowest BCUT2D eigenvalue weighted by atomic mass is 10.1. The van der Waals surface area contributed by atoms with Crippen molar-refractivity contribution in [3.05, 3.63) is 54.1 Å². The number of anilines is 1. The van der Waals surface area contributed by atoms with Crippen LogP contribution >= 0.6 is 0 Å². The molecule has 1 aliphatic heterocycles. The number of fused-ring (bicyclic) bond motifs is 1. The average Bonchev–Trinajstić information content (AvgIpc) is 3.00. The molecular formula is C18H17FN4O2. The van der Waals surface area contributed by atoms with Crippen molar-refractivity contribution in [3.63, 3.8) is 0 Å². The van der Waals surface area contributed by atoms with E-state index in [1.807, 2.05) is 4.57 Å². The molecule has 1 saturated heterocycles. The summed E-state index contributed by atoms with van der Waals surface area (Å²) >= 11 is 0. The van der Waals surface area contributed by atoms with Crippen LogP contribution in [0.5, 0.6) is 0 Å². The van der Waals surface area contributed by atoms with Crippen LogP contribution in [0.1, 0.15) is 29.2 Å². The molecule has 1 aromatic carbocycles. The summed E-state index contributed by atoms with van der Waals surface area (Å²) in [5.41, 5.74) is 1.77. The van der Waals surface area contributed by atoms with Crippen molar-refractivity contribution in [2.75, 3.05) is 18.5 Å². The average molecular weight is 340 g/mol. The van der Waals surface area contributed by atoms with Gasteiger partial charge in [-0.25, -0.2) is 9.37 Å². The third-order valence-electron chi connectivity index (χ3n) is 4.36. The fourth-order valence-electron chi connectivity index (χ4n) is 3.14. The van der Waals surface area contributed by atoms with E-state index in [9.17, 15) is 9.18 Å². The minimum Gasteiger partial charge on any atom is -0.381 e. The number of halogens is 1. The van der Waals surface area contributed by atoms with Crippen LogP contribution in [0.2, 0.25) is 0 Å². The highest BCUT2D eigenvalue weighted by Gasteiger charge is 2.23. The van der Waals surface area contributed by atoms with Crippen molar-refractivity contribution in [2.45, 2.75) is 18.9 Å². The first-order valence-corrected chi connectivity index (χ1v) is 8.19. The minimum absolute atomic E-state index is 0.147. The molecule has 128 valence electrons. The lowest BCUT2D eigenvalue weighted by Gasteiger charge is -2.25. The van der Waals surface area contributed by atoms with Crippen LogP contribution in [-0.2, 0) is 4.74 Å². The van der Waals surface area contributed by atoms with Crippen molar-refractivity contribution in [1.82, 2.24) is 14.5 Å². The summed E-state index contributed by atoms with van der Waals surface area (Å²) in [6.45, 7) is 1.31. The third kappa shape index (κ3) is 3.10. The predicted molar refractivity (Wildman–Crippen MR) is 91.0 cm³/mol. The smallest absolute Gasteiger partial charge is 0.259 e. The zero-order chi connectivity index (χ0) is 17.2. The molecule has 3 aromatic rings. The van der Waals surface area contributed by atoms with Gasteiger partial charge in [-0.2, -0.15) is 0 Å². The van der Waals surface area contributed by atoms with Crippen molar-refractivity contribution in [1.29, 1.82) is 0 Å². The Morgan fingerprint density at radius 2 is 2.12 bits per heavy atom. The van der Waals surface area contributed by atoms with Crippen molar-refractivity contribution in [3.8, 4) is 0 Å². The van der Waals surface area contributed by atoms with Crippen LogP contribution < -0.4 is 5.32 Å². The van der Waals surface area contributed by atoms with E-state index < -0.39 is 0 Å². The first-order valence-electron chi connectivity index (χ1n) is 8.19. The van der Waals surface area contributed by atoms with Crippen LogP contribution in [0, 0.1) is 5.82 Å². The molecule has 1 fully saturated rings. The maximum atomic E-state index is 13.6. The van der Waals surface area contributed by atoms with E-state index in [2.05, 4.69) is 15.3 Å². The number of aromatic nitrogens is 3. The Hall–Kier alpha value is -2.80. The number of imidazole rings is 1. The molecule has 0 aliphatic carbocycles. The van der Waals surface area contributed by atoms with E-state index in [1.165, 1.54) is 18.3 Å². The maximum absolute atomic E-state index is 13.6. The molecule has 0 spiro atoms. The Morgan fingerprint density at radius 1 is 1.28 bits per heavy atom. The van der Waals surface area contributed by atoms with E-state index in [0.717, 1.165) is 18.4 Å². The zero-order valence-corrected chi connectivity index (χ0v) is 13.5. The fourth-order valence-corrected chi connectivity index (χ4v) is 3.14. The normalized spacial score (nSPS) is 15.4. The quantitative estimate of drug-likeness (QED) is 0.795. The van der Waals surface area contributed by atoms with Crippen LogP contribution in [-0.4, -0.2) is 33.7 Å². The van der Waals surface area contributed by atoms with Gasteiger partial charge < -0.3 is 9.30 Å². The Balaban J connectivity index is 1.75. The number of nitrogens with zero attached hydrogens (tertiary/aromatic N) is 3. The molecule has 7 heteroatoms. The first-order chi connectivity index (χ1) is 12.2.